The van der Waals surface area contributed by atoms with Gasteiger partial charge in [-0.2, -0.15) is 0 Å². The highest BCUT2D eigenvalue weighted by Crippen LogP contribution is 2.36. The summed E-state index contributed by atoms with van der Waals surface area (Å²) in [5.41, 5.74) is 2.56. The lowest BCUT2D eigenvalue weighted by molar-refractivity contribution is 0.467. The van der Waals surface area contributed by atoms with E-state index in [-0.39, 0.29) is 21.3 Å². The molecule has 0 fully saturated rings. The van der Waals surface area contributed by atoms with E-state index in [1.54, 1.807) is 40.7 Å². The molecule has 4 nitrogen and oxygen atoms in total. The first-order chi connectivity index (χ1) is 10.1. The number of rotatable bonds is 2. The molecule has 0 aliphatic heterocycles. The zero-order valence-electron chi connectivity index (χ0n) is 13.4. The minimum Gasteiger partial charge on any atom is -0.508 e. The molecule has 22 heavy (non-hydrogen) atoms. The number of aryl methyl sites for hydroxylation is 2. The van der Waals surface area contributed by atoms with Crippen molar-refractivity contribution < 1.29 is 18.6 Å². The first kappa shape index (κ1) is 16.4. The quantitative estimate of drug-likeness (QED) is 0.888. The molecule has 0 unspecified atom stereocenters. The summed E-state index contributed by atoms with van der Waals surface area (Å²) >= 11 is 0. The van der Waals surface area contributed by atoms with Crippen LogP contribution in [0.3, 0.4) is 0 Å². The molecule has 0 heterocycles. The maximum atomic E-state index is 13.1. The topological polar surface area (TPSA) is 74.6 Å². The Morgan fingerprint density at radius 2 is 1.32 bits per heavy atom. The van der Waals surface area contributed by atoms with E-state index >= 15 is 0 Å². The summed E-state index contributed by atoms with van der Waals surface area (Å²) in [6, 6.07) is 4.56. The van der Waals surface area contributed by atoms with Gasteiger partial charge in [0, 0.05) is 5.56 Å². The smallest absolute Gasteiger partial charge is 0.207 e. The normalized spacial score (nSPS) is 11.7. The van der Waals surface area contributed by atoms with Crippen molar-refractivity contribution in [2.45, 2.75) is 44.4 Å². The van der Waals surface area contributed by atoms with Crippen LogP contribution >= 0.6 is 0 Å². The number of hydrogen-bond acceptors (Lipinski definition) is 4. The van der Waals surface area contributed by atoms with Crippen LogP contribution in [0, 0.1) is 34.6 Å². The van der Waals surface area contributed by atoms with E-state index in [1.807, 2.05) is 0 Å². The summed E-state index contributed by atoms with van der Waals surface area (Å²) in [5, 5.41) is 19.8. The standard InChI is InChI=1S/C17H20O4S/c1-9-6-14(18)13(5)16(7-9)22(20,21)17-10(2)8-15(19)11(3)12(17)4/h6-8,18-19H,1-5H3. The van der Waals surface area contributed by atoms with Gasteiger partial charge in [0.15, 0.2) is 0 Å². The second kappa shape index (κ2) is 5.32. The van der Waals surface area contributed by atoms with Gasteiger partial charge in [0.2, 0.25) is 9.84 Å². The average Bonchev–Trinajstić information content (AvgIpc) is 2.39. The highest BCUT2D eigenvalue weighted by Gasteiger charge is 2.27. The van der Waals surface area contributed by atoms with Crippen LogP contribution in [-0.4, -0.2) is 18.6 Å². The fourth-order valence-electron chi connectivity index (χ4n) is 2.65. The lowest BCUT2D eigenvalue weighted by Crippen LogP contribution is -2.09. The molecule has 2 N–H and O–H groups in total. The minimum absolute atomic E-state index is 0.0376. The van der Waals surface area contributed by atoms with Crippen LogP contribution in [0.5, 0.6) is 11.5 Å². The monoisotopic (exact) mass is 320 g/mol. The molecule has 0 saturated heterocycles. The maximum absolute atomic E-state index is 13.1. The van der Waals surface area contributed by atoms with E-state index in [9.17, 15) is 18.6 Å². The van der Waals surface area contributed by atoms with Gasteiger partial charge >= 0.3 is 0 Å². The van der Waals surface area contributed by atoms with E-state index in [2.05, 4.69) is 0 Å². The Hall–Kier alpha value is -2.01. The molecule has 5 heteroatoms. The van der Waals surface area contributed by atoms with Crippen molar-refractivity contribution in [3.63, 3.8) is 0 Å². The Bertz CT molecular complexity index is 865. The molecular weight excluding hydrogens is 300 g/mol. The minimum atomic E-state index is -3.79. The van der Waals surface area contributed by atoms with Gasteiger partial charge in [0.25, 0.3) is 0 Å². The molecular formula is C17H20O4S. The van der Waals surface area contributed by atoms with E-state index < -0.39 is 9.84 Å². The molecule has 0 atom stereocenters. The predicted octanol–water partition coefficient (Wildman–Crippen LogP) is 3.47. The van der Waals surface area contributed by atoms with Crippen molar-refractivity contribution in [2.75, 3.05) is 0 Å². The van der Waals surface area contributed by atoms with Crippen LogP contribution < -0.4 is 0 Å². The largest absolute Gasteiger partial charge is 0.508 e. The van der Waals surface area contributed by atoms with E-state index in [4.69, 9.17) is 0 Å². The van der Waals surface area contributed by atoms with Gasteiger partial charge in [-0.15, -0.1) is 0 Å². The van der Waals surface area contributed by atoms with E-state index in [0.717, 1.165) is 0 Å². The molecule has 0 amide bonds. The summed E-state index contributed by atoms with van der Waals surface area (Å²) in [6.07, 6.45) is 0. The Labute approximate surface area is 131 Å². The molecule has 2 aromatic carbocycles. The van der Waals surface area contributed by atoms with Crippen molar-refractivity contribution in [3.05, 3.63) is 46.0 Å². The maximum Gasteiger partial charge on any atom is 0.207 e. The van der Waals surface area contributed by atoms with Crippen LogP contribution in [0.2, 0.25) is 0 Å². The third kappa shape index (κ3) is 2.46. The van der Waals surface area contributed by atoms with E-state index in [1.165, 1.54) is 12.1 Å². The number of aromatic hydroxyl groups is 2. The highest BCUT2D eigenvalue weighted by atomic mass is 32.2. The van der Waals surface area contributed by atoms with Crippen molar-refractivity contribution in [2.24, 2.45) is 0 Å². The number of hydrogen-bond donors (Lipinski definition) is 2. The molecule has 0 saturated carbocycles. The van der Waals surface area contributed by atoms with Crippen LogP contribution in [0.15, 0.2) is 28.0 Å². The fourth-order valence-corrected chi connectivity index (χ4v) is 4.75. The Balaban J connectivity index is 2.86. The first-order valence-corrected chi connectivity index (χ1v) is 8.40. The second-order valence-electron chi connectivity index (χ2n) is 5.70. The van der Waals surface area contributed by atoms with Crippen LogP contribution in [0.4, 0.5) is 0 Å². The van der Waals surface area contributed by atoms with Gasteiger partial charge in [-0.25, -0.2) is 8.42 Å². The molecule has 118 valence electrons. The highest BCUT2D eigenvalue weighted by molar-refractivity contribution is 7.91. The zero-order valence-corrected chi connectivity index (χ0v) is 14.2. The third-order valence-corrected chi connectivity index (χ3v) is 6.20. The van der Waals surface area contributed by atoms with Gasteiger partial charge in [-0.05, 0) is 75.1 Å². The molecule has 0 aliphatic carbocycles. The van der Waals surface area contributed by atoms with Crippen LogP contribution in [-0.2, 0) is 9.84 Å². The molecule has 2 aromatic rings. The fraction of sp³-hybridized carbons (Fsp3) is 0.294. The Kier molecular flexibility index (Phi) is 3.96. The lowest BCUT2D eigenvalue weighted by Gasteiger charge is -2.16. The van der Waals surface area contributed by atoms with Gasteiger partial charge in [0.05, 0.1) is 9.79 Å². The first-order valence-electron chi connectivity index (χ1n) is 6.92. The van der Waals surface area contributed by atoms with E-state index in [0.29, 0.717) is 27.8 Å². The van der Waals surface area contributed by atoms with Gasteiger partial charge in [0.1, 0.15) is 11.5 Å². The molecule has 0 bridgehead atoms. The van der Waals surface area contributed by atoms with Crippen molar-refractivity contribution in [1.29, 1.82) is 0 Å². The van der Waals surface area contributed by atoms with Gasteiger partial charge < -0.3 is 10.2 Å². The van der Waals surface area contributed by atoms with Crippen LogP contribution in [0.1, 0.15) is 27.8 Å². The second-order valence-corrected chi connectivity index (χ2v) is 7.56. The predicted molar refractivity (Wildman–Crippen MR) is 85.4 cm³/mol. The summed E-state index contributed by atoms with van der Waals surface area (Å²) in [5.74, 6) is 0.0437. The third-order valence-electron chi connectivity index (χ3n) is 4.03. The molecule has 2 rings (SSSR count). The number of sulfone groups is 1. The molecule has 0 aliphatic rings. The number of phenols is 2. The van der Waals surface area contributed by atoms with Gasteiger partial charge in [-0.3, -0.25) is 0 Å². The molecule has 0 radical (unpaired) electrons. The zero-order chi connectivity index (χ0) is 16.8. The van der Waals surface area contributed by atoms with Crippen molar-refractivity contribution >= 4 is 9.84 Å². The number of phenolic OH excluding ortho intramolecular Hbond substituents is 2. The average molecular weight is 320 g/mol. The lowest BCUT2D eigenvalue weighted by atomic mass is 10.1. The summed E-state index contributed by atoms with van der Waals surface area (Å²) in [4.78, 5) is 0.289. The van der Waals surface area contributed by atoms with Crippen LogP contribution in [0.25, 0.3) is 0 Å². The SMILES string of the molecule is Cc1cc(O)c(C)c(S(=O)(=O)c2c(C)cc(O)c(C)c2C)c1. The van der Waals surface area contributed by atoms with Gasteiger partial charge in [-0.1, -0.05) is 0 Å². The molecule has 0 aromatic heterocycles. The van der Waals surface area contributed by atoms with Crippen molar-refractivity contribution in [1.82, 2.24) is 0 Å². The summed E-state index contributed by atoms with van der Waals surface area (Å²) in [6.45, 7) is 8.34. The summed E-state index contributed by atoms with van der Waals surface area (Å²) < 4.78 is 26.1. The molecule has 0 spiro atoms. The Morgan fingerprint density at radius 3 is 1.91 bits per heavy atom. The summed E-state index contributed by atoms with van der Waals surface area (Å²) in [7, 11) is -3.79. The van der Waals surface area contributed by atoms with Crippen molar-refractivity contribution in [3.8, 4) is 11.5 Å². The number of benzene rings is 2. The Morgan fingerprint density at radius 1 is 0.773 bits per heavy atom.